The van der Waals surface area contributed by atoms with Crippen LogP contribution in [-0.2, 0) is 0 Å². The lowest BCUT2D eigenvalue weighted by Gasteiger charge is -2.22. The highest BCUT2D eigenvalue weighted by Gasteiger charge is 2.14. The molecule has 2 N–H and O–H groups in total. The van der Waals surface area contributed by atoms with E-state index < -0.39 is 5.60 Å². The van der Waals surface area contributed by atoms with E-state index in [1.54, 1.807) is 26.4 Å². The SMILES string of the molecule is CC(NCC(C)(C)O)c1ccc(-n2ccnc2)cc1. The molecule has 0 bridgehead atoms. The van der Waals surface area contributed by atoms with Gasteiger partial charge in [-0.1, -0.05) is 12.1 Å². The van der Waals surface area contributed by atoms with Crippen molar-refractivity contribution in [3.05, 3.63) is 48.5 Å². The molecule has 0 saturated carbocycles. The molecule has 1 aromatic heterocycles. The average molecular weight is 259 g/mol. The molecule has 0 spiro atoms. The minimum Gasteiger partial charge on any atom is -0.389 e. The van der Waals surface area contributed by atoms with Gasteiger partial charge >= 0.3 is 0 Å². The molecule has 0 aliphatic carbocycles. The van der Waals surface area contributed by atoms with E-state index in [-0.39, 0.29) is 6.04 Å². The first-order valence-corrected chi connectivity index (χ1v) is 6.50. The molecule has 0 radical (unpaired) electrons. The summed E-state index contributed by atoms with van der Waals surface area (Å²) in [5.41, 5.74) is 1.61. The quantitative estimate of drug-likeness (QED) is 0.866. The first-order chi connectivity index (χ1) is 8.96. The lowest BCUT2D eigenvalue weighted by Crippen LogP contribution is -2.36. The van der Waals surface area contributed by atoms with Crippen molar-refractivity contribution in [1.29, 1.82) is 0 Å². The molecule has 0 saturated heterocycles. The van der Waals surface area contributed by atoms with Crippen LogP contribution in [-0.4, -0.2) is 26.8 Å². The second-order valence-corrected chi connectivity index (χ2v) is 5.48. The van der Waals surface area contributed by atoms with Crippen molar-refractivity contribution < 1.29 is 5.11 Å². The van der Waals surface area contributed by atoms with Crippen molar-refractivity contribution in [2.24, 2.45) is 0 Å². The lowest BCUT2D eigenvalue weighted by atomic mass is 10.1. The largest absolute Gasteiger partial charge is 0.389 e. The Balaban J connectivity index is 2.02. The number of aromatic nitrogens is 2. The number of rotatable bonds is 5. The van der Waals surface area contributed by atoms with Crippen molar-refractivity contribution in [2.75, 3.05) is 6.54 Å². The highest BCUT2D eigenvalue weighted by atomic mass is 16.3. The third-order valence-electron chi connectivity index (χ3n) is 3.04. The molecule has 1 unspecified atom stereocenters. The van der Waals surface area contributed by atoms with E-state index in [4.69, 9.17) is 0 Å². The fourth-order valence-corrected chi connectivity index (χ4v) is 1.87. The number of imidazole rings is 1. The molecule has 1 atom stereocenters. The van der Waals surface area contributed by atoms with Crippen LogP contribution < -0.4 is 5.32 Å². The zero-order valence-electron chi connectivity index (χ0n) is 11.7. The molecule has 19 heavy (non-hydrogen) atoms. The molecule has 1 aromatic carbocycles. The van der Waals surface area contributed by atoms with Crippen LogP contribution >= 0.6 is 0 Å². The molecule has 102 valence electrons. The van der Waals surface area contributed by atoms with Gasteiger partial charge in [0.1, 0.15) is 0 Å². The highest BCUT2D eigenvalue weighted by molar-refractivity contribution is 5.35. The zero-order valence-corrected chi connectivity index (χ0v) is 11.7. The van der Waals surface area contributed by atoms with Crippen molar-refractivity contribution >= 4 is 0 Å². The van der Waals surface area contributed by atoms with Gasteiger partial charge in [-0.15, -0.1) is 0 Å². The van der Waals surface area contributed by atoms with Crippen LogP contribution in [0, 0.1) is 0 Å². The number of nitrogens with zero attached hydrogens (tertiary/aromatic N) is 2. The number of hydrogen-bond acceptors (Lipinski definition) is 3. The molecule has 0 amide bonds. The third kappa shape index (κ3) is 3.91. The van der Waals surface area contributed by atoms with Gasteiger partial charge in [0.05, 0.1) is 11.9 Å². The van der Waals surface area contributed by atoms with Crippen LogP contribution in [0.1, 0.15) is 32.4 Å². The molecule has 4 heteroatoms. The molecule has 4 nitrogen and oxygen atoms in total. The van der Waals surface area contributed by atoms with Crippen molar-refractivity contribution in [3.63, 3.8) is 0 Å². The Morgan fingerprint density at radius 1 is 1.32 bits per heavy atom. The summed E-state index contributed by atoms with van der Waals surface area (Å²) in [6.45, 7) is 6.26. The monoisotopic (exact) mass is 259 g/mol. The summed E-state index contributed by atoms with van der Waals surface area (Å²) in [5, 5.41) is 13.0. The Morgan fingerprint density at radius 3 is 2.53 bits per heavy atom. The summed E-state index contributed by atoms with van der Waals surface area (Å²) in [7, 11) is 0. The van der Waals surface area contributed by atoms with Gasteiger partial charge in [-0.25, -0.2) is 4.98 Å². The minimum atomic E-state index is -0.689. The first kappa shape index (κ1) is 13.8. The van der Waals surface area contributed by atoms with Crippen molar-refractivity contribution in [1.82, 2.24) is 14.9 Å². The van der Waals surface area contributed by atoms with Gasteiger partial charge in [-0.05, 0) is 38.5 Å². The second-order valence-electron chi connectivity index (χ2n) is 5.48. The summed E-state index contributed by atoms with van der Waals surface area (Å²) < 4.78 is 1.97. The molecular formula is C15H21N3O. The Bertz CT molecular complexity index is 497. The number of nitrogens with one attached hydrogen (secondary N) is 1. The smallest absolute Gasteiger partial charge is 0.0991 e. The predicted molar refractivity (Wildman–Crippen MR) is 76.3 cm³/mol. The molecular weight excluding hydrogens is 238 g/mol. The maximum absolute atomic E-state index is 9.71. The fraction of sp³-hybridized carbons (Fsp3) is 0.400. The van der Waals surface area contributed by atoms with E-state index in [2.05, 4.69) is 41.5 Å². The van der Waals surface area contributed by atoms with E-state index in [1.165, 1.54) is 5.56 Å². The maximum atomic E-state index is 9.71. The Kier molecular flexibility index (Phi) is 4.02. The van der Waals surface area contributed by atoms with Gasteiger partial charge in [0.2, 0.25) is 0 Å². The van der Waals surface area contributed by atoms with Crippen LogP contribution in [0.3, 0.4) is 0 Å². The summed E-state index contributed by atoms with van der Waals surface area (Å²) in [4.78, 5) is 4.04. The van der Waals surface area contributed by atoms with Crippen molar-refractivity contribution in [2.45, 2.75) is 32.4 Å². The average Bonchev–Trinajstić information content (AvgIpc) is 2.89. The molecule has 0 aliphatic heterocycles. The van der Waals surface area contributed by atoms with Gasteiger partial charge in [0.15, 0.2) is 0 Å². The van der Waals surface area contributed by atoms with Crippen LogP contribution in [0.4, 0.5) is 0 Å². The van der Waals surface area contributed by atoms with E-state index in [0.29, 0.717) is 6.54 Å². The Morgan fingerprint density at radius 2 is 2.00 bits per heavy atom. The van der Waals surface area contributed by atoms with E-state index in [0.717, 1.165) is 5.69 Å². The fourth-order valence-electron chi connectivity index (χ4n) is 1.87. The summed E-state index contributed by atoms with van der Waals surface area (Å²) in [6, 6.07) is 8.54. The normalized spacial score (nSPS) is 13.5. The van der Waals surface area contributed by atoms with Crippen LogP contribution in [0.15, 0.2) is 43.0 Å². The van der Waals surface area contributed by atoms with E-state index >= 15 is 0 Å². The van der Waals surface area contributed by atoms with Crippen LogP contribution in [0.5, 0.6) is 0 Å². The third-order valence-corrected chi connectivity index (χ3v) is 3.04. The van der Waals surface area contributed by atoms with Gasteiger partial charge in [-0.3, -0.25) is 0 Å². The summed E-state index contributed by atoms with van der Waals surface area (Å²) in [5.74, 6) is 0. The molecule has 1 heterocycles. The minimum absolute atomic E-state index is 0.211. The lowest BCUT2D eigenvalue weighted by molar-refractivity contribution is 0.0770. The van der Waals surface area contributed by atoms with E-state index in [9.17, 15) is 5.11 Å². The second kappa shape index (κ2) is 5.55. The molecule has 2 rings (SSSR count). The summed E-state index contributed by atoms with van der Waals surface area (Å²) in [6.07, 6.45) is 5.47. The topological polar surface area (TPSA) is 50.1 Å². The number of aliphatic hydroxyl groups is 1. The predicted octanol–water partition coefficient (Wildman–Crippen LogP) is 2.29. The van der Waals surface area contributed by atoms with Crippen molar-refractivity contribution in [3.8, 4) is 5.69 Å². The van der Waals surface area contributed by atoms with Gasteiger partial charge in [0, 0.05) is 30.7 Å². The van der Waals surface area contributed by atoms with Crippen LogP contribution in [0.25, 0.3) is 5.69 Å². The Hall–Kier alpha value is -1.65. The molecule has 2 aromatic rings. The highest BCUT2D eigenvalue weighted by Crippen LogP contribution is 2.16. The Labute approximate surface area is 114 Å². The standard InChI is InChI=1S/C15H21N3O/c1-12(17-10-15(2,3)19)13-4-6-14(7-5-13)18-9-8-16-11-18/h4-9,11-12,17,19H,10H2,1-3H3. The zero-order chi connectivity index (χ0) is 13.9. The number of benzene rings is 1. The van der Waals surface area contributed by atoms with E-state index in [1.807, 2.05) is 10.8 Å². The molecule has 0 fully saturated rings. The molecule has 0 aliphatic rings. The first-order valence-electron chi connectivity index (χ1n) is 6.50. The van der Waals surface area contributed by atoms with Gasteiger partial charge in [-0.2, -0.15) is 0 Å². The maximum Gasteiger partial charge on any atom is 0.0991 e. The van der Waals surface area contributed by atoms with Gasteiger partial charge < -0.3 is 15.0 Å². The number of hydrogen-bond donors (Lipinski definition) is 2. The van der Waals surface area contributed by atoms with Gasteiger partial charge in [0.25, 0.3) is 0 Å². The summed E-state index contributed by atoms with van der Waals surface area (Å²) >= 11 is 0. The van der Waals surface area contributed by atoms with Crippen LogP contribution in [0.2, 0.25) is 0 Å².